The second-order valence-electron chi connectivity index (χ2n) is 5.85. The molecule has 4 rings (SSSR count). The lowest BCUT2D eigenvalue weighted by atomic mass is 10.2. The minimum atomic E-state index is 0.0553. The first-order chi connectivity index (χ1) is 11.6. The molecule has 0 spiro atoms. The Balaban J connectivity index is 1.71. The van der Waals surface area contributed by atoms with E-state index in [0.29, 0.717) is 21.2 Å². The molecule has 2 aromatic carbocycles. The van der Waals surface area contributed by atoms with Crippen LogP contribution in [-0.4, -0.2) is 9.55 Å². The number of thioether (sulfide) groups is 1. The number of fused-ring (bicyclic) bond motifs is 1. The van der Waals surface area contributed by atoms with Gasteiger partial charge in [0.2, 0.25) is 0 Å². The van der Waals surface area contributed by atoms with Gasteiger partial charge in [-0.05, 0) is 42.7 Å². The monoisotopic (exact) mass is 376 g/mol. The third-order valence-corrected chi connectivity index (χ3v) is 5.80. The average molecular weight is 377 g/mol. The van der Waals surface area contributed by atoms with Crippen LogP contribution in [0.15, 0.2) is 52.4 Å². The highest BCUT2D eigenvalue weighted by Crippen LogP contribution is 2.37. The molecule has 0 unspecified atom stereocenters. The first kappa shape index (κ1) is 16.0. The van der Waals surface area contributed by atoms with Crippen molar-refractivity contribution in [2.45, 2.75) is 29.8 Å². The normalized spacial score (nSPS) is 14.2. The fourth-order valence-corrected chi connectivity index (χ4v) is 3.99. The van der Waals surface area contributed by atoms with Crippen LogP contribution in [-0.2, 0) is 5.75 Å². The third-order valence-electron chi connectivity index (χ3n) is 4.04. The van der Waals surface area contributed by atoms with Crippen LogP contribution in [0.3, 0.4) is 0 Å². The molecule has 122 valence electrons. The summed E-state index contributed by atoms with van der Waals surface area (Å²) in [6.45, 7) is 0. The van der Waals surface area contributed by atoms with Crippen LogP contribution in [0.1, 0.15) is 24.4 Å². The maximum Gasteiger partial charge on any atom is 0.262 e. The van der Waals surface area contributed by atoms with E-state index >= 15 is 0 Å². The molecule has 1 heterocycles. The van der Waals surface area contributed by atoms with Gasteiger partial charge < -0.3 is 0 Å². The summed E-state index contributed by atoms with van der Waals surface area (Å²) in [4.78, 5) is 17.5. The van der Waals surface area contributed by atoms with E-state index in [-0.39, 0.29) is 11.6 Å². The molecule has 0 amide bonds. The molecule has 0 saturated heterocycles. The smallest absolute Gasteiger partial charge is 0.262 e. The molecule has 1 saturated carbocycles. The van der Waals surface area contributed by atoms with E-state index in [2.05, 4.69) is 0 Å². The van der Waals surface area contributed by atoms with E-state index in [0.717, 1.165) is 29.1 Å². The maximum atomic E-state index is 12.8. The van der Waals surface area contributed by atoms with Gasteiger partial charge in [-0.1, -0.05) is 53.2 Å². The van der Waals surface area contributed by atoms with Gasteiger partial charge in [0.15, 0.2) is 5.16 Å². The Kier molecular flexibility index (Phi) is 4.29. The number of hydrogen-bond donors (Lipinski definition) is 0. The fraction of sp³-hybridized carbons (Fsp3) is 0.222. The highest BCUT2D eigenvalue weighted by molar-refractivity contribution is 7.98. The first-order valence-electron chi connectivity index (χ1n) is 7.71. The van der Waals surface area contributed by atoms with Crippen molar-refractivity contribution in [3.8, 4) is 0 Å². The van der Waals surface area contributed by atoms with Crippen molar-refractivity contribution in [3.63, 3.8) is 0 Å². The van der Waals surface area contributed by atoms with Gasteiger partial charge in [0.05, 0.1) is 20.9 Å². The van der Waals surface area contributed by atoms with Crippen LogP contribution in [0.5, 0.6) is 0 Å². The highest BCUT2D eigenvalue weighted by atomic mass is 35.5. The predicted octanol–water partition coefficient (Wildman–Crippen LogP) is 5.33. The van der Waals surface area contributed by atoms with Crippen molar-refractivity contribution in [2.24, 2.45) is 0 Å². The van der Waals surface area contributed by atoms with Crippen LogP contribution >= 0.6 is 35.0 Å². The second-order valence-corrected chi connectivity index (χ2v) is 7.61. The van der Waals surface area contributed by atoms with Gasteiger partial charge in [-0.2, -0.15) is 0 Å². The SMILES string of the molecule is O=c1c2ccccc2nc(SCc2ccc(Cl)c(Cl)c2)n1C1CC1. The summed E-state index contributed by atoms with van der Waals surface area (Å²) in [5, 5.41) is 2.54. The summed E-state index contributed by atoms with van der Waals surface area (Å²) in [6, 6.07) is 13.4. The Bertz CT molecular complexity index is 982. The van der Waals surface area contributed by atoms with Gasteiger partial charge in [-0.15, -0.1) is 0 Å². The maximum absolute atomic E-state index is 12.8. The van der Waals surface area contributed by atoms with Crippen molar-refractivity contribution in [1.82, 2.24) is 9.55 Å². The van der Waals surface area contributed by atoms with E-state index in [1.807, 2.05) is 41.0 Å². The standard InChI is InChI=1S/C18H14Cl2N2OS/c19-14-8-5-11(9-15(14)20)10-24-18-21-16-4-2-1-3-13(16)17(23)22(18)12-6-7-12/h1-5,8-9,12H,6-7,10H2. The Morgan fingerprint density at radius 1 is 1.12 bits per heavy atom. The quantitative estimate of drug-likeness (QED) is 0.455. The van der Waals surface area contributed by atoms with Crippen LogP contribution in [0, 0.1) is 0 Å². The Labute approximate surface area is 153 Å². The minimum absolute atomic E-state index is 0.0553. The van der Waals surface area contributed by atoms with Gasteiger partial charge >= 0.3 is 0 Å². The molecule has 1 aliphatic carbocycles. The zero-order valence-corrected chi connectivity index (χ0v) is 15.0. The van der Waals surface area contributed by atoms with Crippen molar-refractivity contribution < 1.29 is 0 Å². The van der Waals surface area contributed by atoms with E-state index < -0.39 is 0 Å². The number of benzene rings is 2. The molecule has 0 aliphatic heterocycles. The largest absolute Gasteiger partial charge is 0.284 e. The summed E-state index contributed by atoms with van der Waals surface area (Å²) in [6.07, 6.45) is 2.08. The summed E-state index contributed by atoms with van der Waals surface area (Å²) < 4.78 is 1.85. The number of halogens is 2. The van der Waals surface area contributed by atoms with Crippen LogP contribution in [0.4, 0.5) is 0 Å². The fourth-order valence-electron chi connectivity index (χ4n) is 2.66. The topological polar surface area (TPSA) is 34.9 Å². The molecule has 3 nitrogen and oxygen atoms in total. The molecule has 24 heavy (non-hydrogen) atoms. The van der Waals surface area contributed by atoms with E-state index in [9.17, 15) is 4.79 Å². The molecule has 1 fully saturated rings. The first-order valence-corrected chi connectivity index (χ1v) is 9.45. The van der Waals surface area contributed by atoms with Gasteiger partial charge in [-0.25, -0.2) is 4.98 Å². The Morgan fingerprint density at radius 2 is 1.92 bits per heavy atom. The second kappa shape index (κ2) is 6.43. The molecule has 0 bridgehead atoms. The van der Waals surface area contributed by atoms with Gasteiger partial charge in [0.25, 0.3) is 5.56 Å². The molecule has 1 aliphatic rings. The van der Waals surface area contributed by atoms with Crippen molar-refractivity contribution in [1.29, 1.82) is 0 Å². The summed E-state index contributed by atoms with van der Waals surface area (Å²) in [7, 11) is 0. The van der Waals surface area contributed by atoms with Gasteiger partial charge in [0, 0.05) is 11.8 Å². The predicted molar refractivity (Wildman–Crippen MR) is 100 cm³/mol. The van der Waals surface area contributed by atoms with Crippen molar-refractivity contribution in [2.75, 3.05) is 0 Å². The molecule has 0 radical (unpaired) electrons. The van der Waals surface area contributed by atoms with Crippen LogP contribution in [0.2, 0.25) is 10.0 Å². The van der Waals surface area contributed by atoms with Crippen molar-refractivity contribution in [3.05, 3.63) is 68.4 Å². The number of hydrogen-bond acceptors (Lipinski definition) is 3. The van der Waals surface area contributed by atoms with E-state index in [1.54, 1.807) is 17.8 Å². The van der Waals surface area contributed by atoms with Gasteiger partial charge in [0.1, 0.15) is 0 Å². The lowest BCUT2D eigenvalue weighted by Gasteiger charge is -2.12. The number of rotatable bonds is 4. The molecule has 0 atom stereocenters. The average Bonchev–Trinajstić information content (AvgIpc) is 3.41. The molecular formula is C18H14Cl2N2OS. The van der Waals surface area contributed by atoms with Crippen LogP contribution < -0.4 is 5.56 Å². The zero-order valence-electron chi connectivity index (χ0n) is 12.7. The molecule has 1 aromatic heterocycles. The lowest BCUT2D eigenvalue weighted by molar-refractivity contribution is 0.618. The van der Waals surface area contributed by atoms with Crippen molar-refractivity contribution >= 4 is 45.9 Å². The lowest BCUT2D eigenvalue weighted by Crippen LogP contribution is -2.22. The number of nitrogens with zero attached hydrogens (tertiary/aromatic N) is 2. The van der Waals surface area contributed by atoms with Gasteiger partial charge in [-0.3, -0.25) is 9.36 Å². The van der Waals surface area contributed by atoms with E-state index in [4.69, 9.17) is 28.2 Å². The van der Waals surface area contributed by atoms with E-state index in [1.165, 1.54) is 0 Å². The highest BCUT2D eigenvalue weighted by Gasteiger charge is 2.28. The number of para-hydroxylation sites is 1. The minimum Gasteiger partial charge on any atom is -0.284 e. The Morgan fingerprint density at radius 3 is 2.67 bits per heavy atom. The summed E-state index contributed by atoms with van der Waals surface area (Å²) in [5.74, 6) is 0.689. The number of aromatic nitrogens is 2. The Hall–Kier alpha value is -1.49. The molecule has 3 aromatic rings. The molecular weight excluding hydrogens is 363 g/mol. The molecule has 0 N–H and O–H groups in total. The third kappa shape index (κ3) is 3.06. The summed E-state index contributed by atoms with van der Waals surface area (Å²) in [5.41, 5.74) is 1.86. The zero-order chi connectivity index (χ0) is 16.7. The molecule has 6 heteroatoms. The van der Waals surface area contributed by atoms with Crippen LogP contribution in [0.25, 0.3) is 10.9 Å². The summed E-state index contributed by atoms with van der Waals surface area (Å²) >= 11 is 13.6.